The first kappa shape index (κ1) is 56.9. The average molecular weight is 831 g/mol. The molecule has 6 heteroatoms. The summed E-state index contributed by atoms with van der Waals surface area (Å²) in [6.45, 7) is 6.62. The first-order valence-electron chi connectivity index (χ1n) is 25.8. The molecule has 0 aromatic carbocycles. The molecule has 6 nitrogen and oxygen atoms in total. The predicted octanol–water partition coefficient (Wildman–Crippen LogP) is 16.8. The molecule has 0 aromatic heterocycles. The van der Waals surface area contributed by atoms with Crippen molar-refractivity contribution in [2.45, 2.75) is 284 Å². The molecule has 0 fully saturated rings. The van der Waals surface area contributed by atoms with Crippen LogP contribution >= 0.6 is 0 Å². The second-order valence-electron chi connectivity index (χ2n) is 17.4. The van der Waals surface area contributed by atoms with Crippen LogP contribution < -0.4 is 0 Å². The van der Waals surface area contributed by atoms with E-state index in [1.165, 1.54) is 173 Å². The fourth-order valence-electron chi connectivity index (χ4n) is 7.49. The number of allylic oxidation sites excluding steroid dienone is 4. The van der Waals surface area contributed by atoms with Crippen LogP contribution in [0.5, 0.6) is 0 Å². The highest BCUT2D eigenvalue weighted by Crippen LogP contribution is 2.15. The summed E-state index contributed by atoms with van der Waals surface area (Å²) < 4.78 is 16.8. The monoisotopic (exact) mass is 831 g/mol. The quantitative estimate of drug-likeness (QED) is 0.0263. The Bertz CT molecular complexity index is 958. The fourth-order valence-corrected chi connectivity index (χ4v) is 7.49. The minimum Gasteiger partial charge on any atom is -0.462 e. The fraction of sp³-hybridized carbons (Fsp3) is 0.868. The van der Waals surface area contributed by atoms with Crippen molar-refractivity contribution in [1.29, 1.82) is 0 Å². The molecule has 0 radical (unpaired) electrons. The third-order valence-corrected chi connectivity index (χ3v) is 11.4. The predicted molar refractivity (Wildman–Crippen MR) is 252 cm³/mol. The van der Waals surface area contributed by atoms with E-state index >= 15 is 0 Å². The lowest BCUT2D eigenvalue weighted by atomic mass is 10.1. The molecule has 0 rings (SSSR count). The lowest BCUT2D eigenvalue weighted by Crippen LogP contribution is -2.30. The molecule has 59 heavy (non-hydrogen) atoms. The van der Waals surface area contributed by atoms with E-state index in [0.29, 0.717) is 19.3 Å². The summed E-state index contributed by atoms with van der Waals surface area (Å²) in [6.07, 6.45) is 54.4. The van der Waals surface area contributed by atoms with Crippen LogP contribution in [0.2, 0.25) is 0 Å². The van der Waals surface area contributed by atoms with Crippen LogP contribution in [-0.2, 0) is 28.6 Å². The highest BCUT2D eigenvalue weighted by Gasteiger charge is 2.19. The molecular weight excluding hydrogens is 733 g/mol. The van der Waals surface area contributed by atoms with Gasteiger partial charge in [-0.2, -0.15) is 0 Å². The smallest absolute Gasteiger partial charge is 0.306 e. The van der Waals surface area contributed by atoms with Crippen molar-refractivity contribution < 1.29 is 28.6 Å². The number of esters is 3. The van der Waals surface area contributed by atoms with Gasteiger partial charge in [-0.1, -0.05) is 212 Å². The maximum absolute atomic E-state index is 12.8. The minimum absolute atomic E-state index is 0.0726. The number of carbonyl (C=O) groups excluding carboxylic acids is 3. The van der Waals surface area contributed by atoms with Gasteiger partial charge in [0.2, 0.25) is 0 Å². The summed E-state index contributed by atoms with van der Waals surface area (Å²) in [5.41, 5.74) is 0. The molecule has 0 aromatic rings. The standard InChI is InChI=1S/C53H98O6/c1-4-7-10-13-16-19-22-24-26-27-28-30-31-34-37-40-43-46-52(55)58-49-50(48-57-51(54)45-42-39-36-33-21-18-15-12-9-6-3)59-53(56)47-44-41-38-35-32-29-25-23-20-17-14-11-8-5-2/h23-26,50H,4-22,27-49H2,1-3H3/b25-23-,26-24-. The molecule has 0 aliphatic heterocycles. The first-order chi connectivity index (χ1) is 29.0. The summed E-state index contributed by atoms with van der Waals surface area (Å²) in [6, 6.07) is 0. The lowest BCUT2D eigenvalue weighted by molar-refractivity contribution is -0.167. The van der Waals surface area contributed by atoms with Gasteiger partial charge in [-0.25, -0.2) is 0 Å². The van der Waals surface area contributed by atoms with Crippen molar-refractivity contribution in [3.8, 4) is 0 Å². The van der Waals surface area contributed by atoms with E-state index in [0.717, 1.165) is 64.2 Å². The van der Waals surface area contributed by atoms with E-state index in [2.05, 4.69) is 45.1 Å². The molecule has 0 saturated carbocycles. The Morgan fingerprint density at radius 2 is 0.559 bits per heavy atom. The maximum Gasteiger partial charge on any atom is 0.306 e. The molecule has 0 amide bonds. The summed E-state index contributed by atoms with van der Waals surface area (Å²) >= 11 is 0. The summed E-state index contributed by atoms with van der Waals surface area (Å²) in [7, 11) is 0. The summed E-state index contributed by atoms with van der Waals surface area (Å²) in [5, 5.41) is 0. The van der Waals surface area contributed by atoms with Gasteiger partial charge in [-0.05, 0) is 70.6 Å². The van der Waals surface area contributed by atoms with Crippen LogP contribution in [0, 0.1) is 0 Å². The van der Waals surface area contributed by atoms with Gasteiger partial charge < -0.3 is 14.2 Å². The summed E-state index contributed by atoms with van der Waals surface area (Å²) in [4.78, 5) is 37.9. The molecule has 346 valence electrons. The molecule has 1 unspecified atom stereocenters. The number of unbranched alkanes of at least 4 members (excludes halogenated alkanes) is 32. The Morgan fingerprint density at radius 3 is 0.847 bits per heavy atom. The van der Waals surface area contributed by atoms with E-state index in [1.807, 2.05) is 0 Å². The van der Waals surface area contributed by atoms with Gasteiger partial charge >= 0.3 is 17.9 Å². The molecule has 1 atom stereocenters. The third kappa shape index (κ3) is 46.8. The van der Waals surface area contributed by atoms with Crippen molar-refractivity contribution in [2.75, 3.05) is 13.2 Å². The first-order valence-corrected chi connectivity index (χ1v) is 25.8. The van der Waals surface area contributed by atoms with E-state index < -0.39 is 6.10 Å². The average Bonchev–Trinajstić information content (AvgIpc) is 3.23. The van der Waals surface area contributed by atoms with Crippen LogP contribution in [0.3, 0.4) is 0 Å². The maximum atomic E-state index is 12.8. The van der Waals surface area contributed by atoms with Gasteiger partial charge in [0, 0.05) is 19.3 Å². The Balaban J connectivity index is 4.32. The summed E-state index contributed by atoms with van der Waals surface area (Å²) in [5.74, 6) is -0.876. The highest BCUT2D eigenvalue weighted by atomic mass is 16.6. The lowest BCUT2D eigenvalue weighted by Gasteiger charge is -2.18. The second kappa shape index (κ2) is 48.6. The van der Waals surface area contributed by atoms with Crippen LogP contribution in [0.1, 0.15) is 278 Å². The molecule has 0 aliphatic rings. The topological polar surface area (TPSA) is 78.9 Å². The normalized spacial score (nSPS) is 12.1. The van der Waals surface area contributed by atoms with Crippen molar-refractivity contribution in [2.24, 2.45) is 0 Å². The SMILES string of the molecule is CCCCCCC/C=C\CCCCCCCC(=O)OC(COC(=O)CCCCCCCCC/C=C\CCCCCCCC)COC(=O)CCCCCCCCCCCC. The van der Waals surface area contributed by atoms with Gasteiger partial charge in [-0.3, -0.25) is 14.4 Å². The van der Waals surface area contributed by atoms with Crippen molar-refractivity contribution in [3.63, 3.8) is 0 Å². The van der Waals surface area contributed by atoms with Crippen molar-refractivity contribution in [1.82, 2.24) is 0 Å². The van der Waals surface area contributed by atoms with Crippen LogP contribution in [0.4, 0.5) is 0 Å². The van der Waals surface area contributed by atoms with E-state index in [1.54, 1.807) is 0 Å². The van der Waals surface area contributed by atoms with Gasteiger partial charge in [0.25, 0.3) is 0 Å². The van der Waals surface area contributed by atoms with Crippen LogP contribution in [0.15, 0.2) is 24.3 Å². The second-order valence-corrected chi connectivity index (χ2v) is 17.4. The Labute approximate surface area is 366 Å². The number of hydrogen-bond donors (Lipinski definition) is 0. The van der Waals surface area contributed by atoms with Gasteiger partial charge in [0.1, 0.15) is 13.2 Å². The number of rotatable bonds is 47. The third-order valence-electron chi connectivity index (χ3n) is 11.4. The van der Waals surface area contributed by atoms with E-state index in [-0.39, 0.29) is 31.1 Å². The minimum atomic E-state index is -0.771. The van der Waals surface area contributed by atoms with Crippen LogP contribution in [-0.4, -0.2) is 37.2 Å². The molecule has 0 heterocycles. The van der Waals surface area contributed by atoms with Gasteiger partial charge in [-0.15, -0.1) is 0 Å². The van der Waals surface area contributed by atoms with Gasteiger partial charge in [0.15, 0.2) is 6.10 Å². The number of carbonyl (C=O) groups is 3. The Hall–Kier alpha value is -2.11. The largest absolute Gasteiger partial charge is 0.462 e. The van der Waals surface area contributed by atoms with Crippen molar-refractivity contribution in [3.05, 3.63) is 24.3 Å². The van der Waals surface area contributed by atoms with Crippen LogP contribution in [0.25, 0.3) is 0 Å². The molecule has 0 N–H and O–H groups in total. The van der Waals surface area contributed by atoms with E-state index in [9.17, 15) is 14.4 Å². The highest BCUT2D eigenvalue weighted by molar-refractivity contribution is 5.71. The van der Waals surface area contributed by atoms with Gasteiger partial charge in [0.05, 0.1) is 0 Å². The molecular formula is C53H98O6. The molecule has 0 spiro atoms. The number of hydrogen-bond acceptors (Lipinski definition) is 6. The zero-order chi connectivity index (χ0) is 43.0. The number of ether oxygens (including phenoxy) is 3. The zero-order valence-corrected chi connectivity index (χ0v) is 39.5. The molecule has 0 saturated heterocycles. The molecule has 0 bridgehead atoms. The zero-order valence-electron chi connectivity index (χ0n) is 39.5. The molecule has 0 aliphatic carbocycles. The van der Waals surface area contributed by atoms with Crippen molar-refractivity contribution >= 4 is 17.9 Å². The Morgan fingerprint density at radius 1 is 0.322 bits per heavy atom. The van der Waals surface area contributed by atoms with E-state index in [4.69, 9.17) is 14.2 Å². The Kier molecular flexibility index (Phi) is 46.8.